The number of amides is 2. The highest BCUT2D eigenvalue weighted by molar-refractivity contribution is 5.94. The number of carbonyl (C=O) groups is 2. The van der Waals surface area contributed by atoms with E-state index in [1.54, 1.807) is 7.11 Å². The average molecular weight is 390 g/mol. The molecule has 1 fully saturated rings. The van der Waals surface area contributed by atoms with Gasteiger partial charge in [-0.3, -0.25) is 14.5 Å². The van der Waals surface area contributed by atoms with E-state index >= 15 is 0 Å². The molecule has 0 unspecified atom stereocenters. The van der Waals surface area contributed by atoms with Gasteiger partial charge in [-0.05, 0) is 62.1 Å². The highest BCUT2D eigenvalue weighted by Crippen LogP contribution is 2.47. The summed E-state index contributed by atoms with van der Waals surface area (Å²) in [5.41, 5.74) is 0.810. The second kappa shape index (κ2) is 9.08. The van der Waals surface area contributed by atoms with Gasteiger partial charge in [0.25, 0.3) is 0 Å². The average Bonchev–Trinajstić information content (AvgIpc) is 2.63. The van der Waals surface area contributed by atoms with Crippen molar-refractivity contribution in [2.45, 2.75) is 72.4 Å². The quantitative estimate of drug-likeness (QED) is 0.685. The minimum absolute atomic E-state index is 0.0694. The van der Waals surface area contributed by atoms with Gasteiger partial charge in [0.2, 0.25) is 11.8 Å². The molecule has 0 N–H and O–H groups in total. The molecule has 5 nitrogen and oxygen atoms in total. The molecule has 0 bridgehead atoms. The molecule has 0 spiro atoms. The van der Waals surface area contributed by atoms with E-state index in [2.05, 4.69) is 27.7 Å². The lowest BCUT2D eigenvalue weighted by molar-refractivity contribution is -0.147. The standard InChI is InChI=1S/C23H35NO4/c1-17(2)23(13-14-28-22(4,5)16-23)12-11-21(26)24(18(3)25)15-19-7-9-20(27-6)10-8-19/h7-10,17H,11-16H2,1-6H3/t23-/m1/s1. The molecule has 1 aliphatic heterocycles. The van der Waals surface area contributed by atoms with E-state index in [0.29, 0.717) is 18.9 Å². The van der Waals surface area contributed by atoms with Crippen LogP contribution in [0.15, 0.2) is 24.3 Å². The first-order chi connectivity index (χ1) is 13.1. The van der Waals surface area contributed by atoms with Gasteiger partial charge in [0, 0.05) is 20.0 Å². The summed E-state index contributed by atoms with van der Waals surface area (Å²) in [4.78, 5) is 26.4. The number of ether oxygens (including phenoxy) is 2. The Bertz CT molecular complexity index is 680. The molecule has 0 aliphatic carbocycles. The molecule has 5 heteroatoms. The maximum Gasteiger partial charge on any atom is 0.229 e. The predicted octanol–water partition coefficient (Wildman–Crippen LogP) is 4.58. The summed E-state index contributed by atoms with van der Waals surface area (Å²) >= 11 is 0. The Balaban J connectivity index is 2.07. The molecule has 1 aliphatic rings. The number of benzene rings is 1. The van der Waals surface area contributed by atoms with Gasteiger partial charge in [-0.25, -0.2) is 0 Å². The molecule has 0 aromatic heterocycles. The lowest BCUT2D eigenvalue weighted by Crippen LogP contribution is -2.45. The third kappa shape index (κ3) is 5.57. The van der Waals surface area contributed by atoms with Crippen molar-refractivity contribution in [2.75, 3.05) is 13.7 Å². The molecule has 2 amide bonds. The molecule has 1 aromatic carbocycles. The van der Waals surface area contributed by atoms with Crippen molar-refractivity contribution in [3.05, 3.63) is 29.8 Å². The predicted molar refractivity (Wildman–Crippen MR) is 110 cm³/mol. The van der Waals surface area contributed by atoms with Crippen LogP contribution in [0.4, 0.5) is 0 Å². The summed E-state index contributed by atoms with van der Waals surface area (Å²) in [5.74, 6) is 0.890. The first-order valence-corrected chi connectivity index (χ1v) is 10.2. The SMILES string of the molecule is COc1ccc(CN(C(C)=O)C(=O)CC[C@@]2(C(C)C)CCOC(C)(C)C2)cc1. The lowest BCUT2D eigenvalue weighted by atomic mass is 9.64. The monoisotopic (exact) mass is 389 g/mol. The molecule has 1 atom stereocenters. The second-order valence-electron chi connectivity index (χ2n) is 8.90. The molecular weight excluding hydrogens is 354 g/mol. The summed E-state index contributed by atoms with van der Waals surface area (Å²) in [5, 5.41) is 0. The van der Waals surface area contributed by atoms with Crippen LogP contribution in [0.1, 0.15) is 65.9 Å². The molecule has 1 heterocycles. The van der Waals surface area contributed by atoms with Crippen molar-refractivity contribution in [3.63, 3.8) is 0 Å². The van der Waals surface area contributed by atoms with Crippen molar-refractivity contribution < 1.29 is 19.1 Å². The van der Waals surface area contributed by atoms with E-state index in [9.17, 15) is 9.59 Å². The van der Waals surface area contributed by atoms with Crippen LogP contribution in [0.2, 0.25) is 0 Å². The fourth-order valence-electron chi connectivity index (χ4n) is 4.29. The maximum atomic E-state index is 12.9. The van der Waals surface area contributed by atoms with Gasteiger partial charge in [0.15, 0.2) is 0 Å². The minimum atomic E-state index is -0.216. The van der Waals surface area contributed by atoms with Crippen LogP contribution in [-0.4, -0.2) is 36.0 Å². The van der Waals surface area contributed by atoms with Crippen LogP contribution in [0, 0.1) is 11.3 Å². The third-order valence-corrected chi connectivity index (χ3v) is 6.11. The van der Waals surface area contributed by atoms with Crippen LogP contribution in [0.3, 0.4) is 0 Å². The van der Waals surface area contributed by atoms with Crippen LogP contribution >= 0.6 is 0 Å². The van der Waals surface area contributed by atoms with Gasteiger partial charge < -0.3 is 9.47 Å². The summed E-state index contributed by atoms with van der Waals surface area (Å²) in [7, 11) is 1.61. The number of hydrogen-bond acceptors (Lipinski definition) is 4. The zero-order chi connectivity index (χ0) is 20.9. The third-order valence-electron chi connectivity index (χ3n) is 6.11. The Morgan fingerprint density at radius 1 is 1.21 bits per heavy atom. The number of nitrogens with zero attached hydrogens (tertiary/aromatic N) is 1. The number of hydrogen-bond donors (Lipinski definition) is 0. The molecule has 2 rings (SSSR count). The largest absolute Gasteiger partial charge is 0.497 e. The Kier molecular flexibility index (Phi) is 7.27. The number of imide groups is 1. The first kappa shape index (κ1) is 22.4. The number of carbonyl (C=O) groups excluding carboxylic acids is 2. The number of rotatable bonds is 7. The number of methoxy groups -OCH3 is 1. The van der Waals surface area contributed by atoms with Gasteiger partial charge >= 0.3 is 0 Å². The molecular formula is C23H35NO4. The van der Waals surface area contributed by atoms with Crippen molar-refractivity contribution in [2.24, 2.45) is 11.3 Å². The summed E-state index contributed by atoms with van der Waals surface area (Å²) in [6.45, 7) is 11.2. The molecule has 0 radical (unpaired) electrons. The van der Waals surface area contributed by atoms with E-state index in [1.165, 1.54) is 11.8 Å². The van der Waals surface area contributed by atoms with Crippen LogP contribution in [0.25, 0.3) is 0 Å². The Morgan fingerprint density at radius 2 is 1.86 bits per heavy atom. The normalized spacial score (nSPS) is 21.4. The summed E-state index contributed by atoms with van der Waals surface area (Å²) in [6.07, 6.45) is 3.05. The van der Waals surface area contributed by atoms with E-state index in [-0.39, 0.29) is 22.8 Å². The fourth-order valence-corrected chi connectivity index (χ4v) is 4.29. The van der Waals surface area contributed by atoms with Crippen molar-refractivity contribution in [3.8, 4) is 5.75 Å². The second-order valence-corrected chi connectivity index (χ2v) is 8.90. The van der Waals surface area contributed by atoms with Crippen molar-refractivity contribution in [1.82, 2.24) is 4.90 Å². The topological polar surface area (TPSA) is 55.8 Å². The Labute approximate surface area is 169 Å². The Morgan fingerprint density at radius 3 is 2.36 bits per heavy atom. The van der Waals surface area contributed by atoms with Crippen LogP contribution < -0.4 is 4.74 Å². The van der Waals surface area contributed by atoms with Gasteiger partial charge in [-0.15, -0.1) is 0 Å². The van der Waals surface area contributed by atoms with E-state index in [1.807, 2.05) is 24.3 Å². The van der Waals surface area contributed by atoms with Gasteiger partial charge in [0.05, 0.1) is 19.3 Å². The van der Waals surface area contributed by atoms with Gasteiger partial charge in [-0.2, -0.15) is 0 Å². The van der Waals surface area contributed by atoms with Crippen molar-refractivity contribution in [1.29, 1.82) is 0 Å². The zero-order valence-corrected chi connectivity index (χ0v) is 18.2. The summed E-state index contributed by atoms with van der Waals surface area (Å²) < 4.78 is 11.1. The zero-order valence-electron chi connectivity index (χ0n) is 18.2. The highest BCUT2D eigenvalue weighted by Gasteiger charge is 2.43. The highest BCUT2D eigenvalue weighted by atomic mass is 16.5. The molecule has 1 aromatic rings. The Hall–Kier alpha value is -1.88. The first-order valence-electron chi connectivity index (χ1n) is 10.2. The minimum Gasteiger partial charge on any atom is -0.497 e. The van der Waals surface area contributed by atoms with Gasteiger partial charge in [-0.1, -0.05) is 26.0 Å². The fraction of sp³-hybridized carbons (Fsp3) is 0.652. The van der Waals surface area contributed by atoms with Crippen molar-refractivity contribution >= 4 is 11.8 Å². The maximum absolute atomic E-state index is 12.9. The molecule has 28 heavy (non-hydrogen) atoms. The van der Waals surface area contributed by atoms with Crippen LogP contribution in [-0.2, 0) is 20.9 Å². The molecule has 1 saturated heterocycles. The van der Waals surface area contributed by atoms with Gasteiger partial charge in [0.1, 0.15) is 5.75 Å². The smallest absolute Gasteiger partial charge is 0.229 e. The van der Waals surface area contributed by atoms with E-state index in [0.717, 1.165) is 37.2 Å². The lowest BCUT2D eigenvalue weighted by Gasteiger charge is -2.48. The van der Waals surface area contributed by atoms with E-state index in [4.69, 9.17) is 9.47 Å². The van der Waals surface area contributed by atoms with Crippen LogP contribution in [0.5, 0.6) is 5.75 Å². The molecule has 0 saturated carbocycles. The molecule has 156 valence electrons. The van der Waals surface area contributed by atoms with E-state index < -0.39 is 0 Å². The summed E-state index contributed by atoms with van der Waals surface area (Å²) in [6, 6.07) is 7.46.